The summed E-state index contributed by atoms with van der Waals surface area (Å²) in [4.78, 5) is 18.1. The molecule has 0 spiro atoms. The first-order valence-electron chi connectivity index (χ1n) is 8.16. The molecule has 0 radical (unpaired) electrons. The van der Waals surface area contributed by atoms with Gasteiger partial charge in [-0.05, 0) is 32.3 Å². The SMILES string of the molecule is Cc1cccc(Cc2sc(NC(=O)C3(N)CCOCC3)nc2C)c1. The van der Waals surface area contributed by atoms with Crippen molar-refractivity contribution in [2.75, 3.05) is 18.5 Å². The Morgan fingerprint density at radius 3 is 2.83 bits per heavy atom. The molecule has 3 N–H and O–H groups in total. The Labute approximate surface area is 146 Å². The maximum atomic E-state index is 12.5. The summed E-state index contributed by atoms with van der Waals surface area (Å²) in [6.07, 6.45) is 1.90. The lowest BCUT2D eigenvalue weighted by Gasteiger charge is -2.31. The van der Waals surface area contributed by atoms with Crippen LogP contribution in [0.25, 0.3) is 0 Å². The third-order valence-corrected chi connectivity index (χ3v) is 5.47. The van der Waals surface area contributed by atoms with Crippen LogP contribution in [0.2, 0.25) is 0 Å². The molecule has 1 aliphatic heterocycles. The molecular formula is C18H23N3O2S. The number of nitrogens with zero attached hydrogens (tertiary/aromatic N) is 1. The molecule has 1 aromatic heterocycles. The lowest BCUT2D eigenvalue weighted by molar-refractivity contribution is -0.124. The summed E-state index contributed by atoms with van der Waals surface area (Å²) in [5.74, 6) is -0.165. The molecule has 1 aliphatic rings. The number of nitrogens with one attached hydrogen (secondary N) is 1. The summed E-state index contributed by atoms with van der Waals surface area (Å²) < 4.78 is 5.29. The maximum Gasteiger partial charge on any atom is 0.246 e. The van der Waals surface area contributed by atoms with E-state index in [1.165, 1.54) is 22.5 Å². The first kappa shape index (κ1) is 17.1. The molecule has 1 saturated heterocycles. The molecule has 128 valence electrons. The van der Waals surface area contributed by atoms with Gasteiger partial charge in [-0.25, -0.2) is 4.98 Å². The van der Waals surface area contributed by atoms with Crippen LogP contribution in [0, 0.1) is 13.8 Å². The van der Waals surface area contributed by atoms with Crippen molar-refractivity contribution < 1.29 is 9.53 Å². The highest BCUT2D eigenvalue weighted by Gasteiger charge is 2.36. The second kappa shape index (κ2) is 7.01. The molecule has 1 fully saturated rings. The van der Waals surface area contributed by atoms with Crippen molar-refractivity contribution in [3.63, 3.8) is 0 Å². The Bertz CT molecular complexity index is 736. The Kier molecular flexibility index (Phi) is 4.99. The predicted octanol–water partition coefficient (Wildman–Crippen LogP) is 2.80. The maximum absolute atomic E-state index is 12.5. The average Bonchev–Trinajstić information content (AvgIpc) is 2.87. The fourth-order valence-corrected chi connectivity index (χ4v) is 3.83. The molecule has 0 bridgehead atoms. The molecule has 2 aromatic rings. The minimum atomic E-state index is -0.853. The highest BCUT2D eigenvalue weighted by atomic mass is 32.1. The van der Waals surface area contributed by atoms with E-state index >= 15 is 0 Å². The van der Waals surface area contributed by atoms with Crippen LogP contribution in [0.15, 0.2) is 24.3 Å². The molecule has 0 unspecified atom stereocenters. The molecule has 2 heterocycles. The number of benzene rings is 1. The van der Waals surface area contributed by atoms with Gasteiger partial charge in [0, 0.05) is 24.5 Å². The zero-order chi connectivity index (χ0) is 17.2. The van der Waals surface area contributed by atoms with Crippen LogP contribution in [0.3, 0.4) is 0 Å². The number of ether oxygens (including phenoxy) is 1. The van der Waals surface area contributed by atoms with Gasteiger partial charge in [0.05, 0.1) is 5.69 Å². The quantitative estimate of drug-likeness (QED) is 0.893. The van der Waals surface area contributed by atoms with E-state index in [1.54, 1.807) is 0 Å². The van der Waals surface area contributed by atoms with Crippen molar-refractivity contribution in [3.05, 3.63) is 46.0 Å². The fraction of sp³-hybridized carbons (Fsp3) is 0.444. The summed E-state index contributed by atoms with van der Waals surface area (Å²) in [5, 5.41) is 3.52. The molecule has 3 rings (SSSR count). The highest BCUT2D eigenvalue weighted by Crippen LogP contribution is 2.27. The van der Waals surface area contributed by atoms with Crippen LogP contribution in [0.5, 0.6) is 0 Å². The standard InChI is InChI=1S/C18H23N3O2S/c1-12-4-3-5-14(10-12)11-15-13(2)20-17(24-15)21-16(22)18(19)6-8-23-9-7-18/h3-5,10H,6-9,11,19H2,1-2H3,(H,20,21,22). The van der Waals surface area contributed by atoms with E-state index in [-0.39, 0.29) is 5.91 Å². The predicted molar refractivity (Wildman–Crippen MR) is 96.4 cm³/mol. The van der Waals surface area contributed by atoms with E-state index in [0.717, 1.165) is 17.0 Å². The summed E-state index contributed by atoms with van der Waals surface area (Å²) >= 11 is 1.52. The number of hydrogen-bond acceptors (Lipinski definition) is 5. The first-order chi connectivity index (χ1) is 11.5. The second-order valence-corrected chi connectivity index (χ2v) is 7.50. The first-order valence-corrected chi connectivity index (χ1v) is 8.98. The summed E-state index contributed by atoms with van der Waals surface area (Å²) in [6.45, 7) is 5.12. The Hall–Kier alpha value is -1.76. The van der Waals surface area contributed by atoms with Gasteiger partial charge in [-0.15, -0.1) is 11.3 Å². The summed E-state index contributed by atoms with van der Waals surface area (Å²) in [5.41, 5.74) is 8.81. The van der Waals surface area contributed by atoms with E-state index in [9.17, 15) is 4.79 Å². The number of carbonyl (C=O) groups excluding carboxylic acids is 1. The van der Waals surface area contributed by atoms with Crippen molar-refractivity contribution in [2.24, 2.45) is 5.73 Å². The van der Waals surface area contributed by atoms with Crippen molar-refractivity contribution in [1.82, 2.24) is 4.98 Å². The number of thiazole rings is 1. The molecule has 0 saturated carbocycles. The van der Waals surface area contributed by atoms with Crippen LogP contribution in [-0.4, -0.2) is 29.6 Å². The van der Waals surface area contributed by atoms with Crippen molar-refractivity contribution in [1.29, 1.82) is 0 Å². The fourth-order valence-electron chi connectivity index (χ4n) is 2.84. The van der Waals surface area contributed by atoms with Crippen LogP contribution >= 0.6 is 11.3 Å². The third-order valence-electron chi connectivity index (χ3n) is 4.40. The Morgan fingerprint density at radius 2 is 2.12 bits per heavy atom. The number of amides is 1. The number of aryl methyl sites for hydroxylation is 2. The molecule has 0 atom stereocenters. The number of carbonyl (C=O) groups is 1. The number of nitrogens with two attached hydrogens (primary N) is 1. The van der Waals surface area contributed by atoms with E-state index in [0.29, 0.717) is 31.2 Å². The smallest absolute Gasteiger partial charge is 0.246 e. The molecule has 24 heavy (non-hydrogen) atoms. The molecular weight excluding hydrogens is 322 g/mol. The van der Waals surface area contributed by atoms with E-state index in [4.69, 9.17) is 10.5 Å². The topological polar surface area (TPSA) is 77.2 Å². The zero-order valence-electron chi connectivity index (χ0n) is 14.1. The lowest BCUT2D eigenvalue weighted by Crippen LogP contribution is -2.54. The third kappa shape index (κ3) is 3.83. The van der Waals surface area contributed by atoms with Gasteiger partial charge < -0.3 is 15.8 Å². The zero-order valence-corrected chi connectivity index (χ0v) is 14.9. The number of hydrogen-bond donors (Lipinski definition) is 2. The molecule has 1 aromatic carbocycles. The summed E-state index contributed by atoms with van der Waals surface area (Å²) in [7, 11) is 0. The number of aromatic nitrogens is 1. The highest BCUT2D eigenvalue weighted by molar-refractivity contribution is 7.15. The van der Waals surface area contributed by atoms with Crippen LogP contribution in [0.4, 0.5) is 5.13 Å². The molecule has 6 heteroatoms. The molecule has 0 aliphatic carbocycles. The van der Waals surface area contributed by atoms with E-state index < -0.39 is 5.54 Å². The lowest BCUT2D eigenvalue weighted by atomic mass is 9.90. The van der Waals surface area contributed by atoms with Crippen LogP contribution in [0.1, 0.15) is 34.5 Å². The van der Waals surface area contributed by atoms with Gasteiger partial charge in [0.1, 0.15) is 5.54 Å². The van der Waals surface area contributed by atoms with Crippen LogP contribution in [-0.2, 0) is 16.0 Å². The normalized spacial score (nSPS) is 16.8. The molecule has 5 nitrogen and oxygen atoms in total. The number of anilines is 1. The van der Waals surface area contributed by atoms with Gasteiger partial charge in [-0.2, -0.15) is 0 Å². The van der Waals surface area contributed by atoms with Crippen molar-refractivity contribution in [2.45, 2.75) is 38.6 Å². The minimum absolute atomic E-state index is 0.165. The van der Waals surface area contributed by atoms with Crippen LogP contribution < -0.4 is 11.1 Å². The van der Waals surface area contributed by atoms with E-state index in [2.05, 4.69) is 41.5 Å². The largest absolute Gasteiger partial charge is 0.381 e. The van der Waals surface area contributed by atoms with E-state index in [1.807, 2.05) is 6.92 Å². The van der Waals surface area contributed by atoms with Crippen molar-refractivity contribution in [3.8, 4) is 0 Å². The van der Waals surface area contributed by atoms with Crippen molar-refractivity contribution >= 4 is 22.4 Å². The number of rotatable bonds is 4. The minimum Gasteiger partial charge on any atom is -0.381 e. The second-order valence-electron chi connectivity index (χ2n) is 6.42. The van der Waals surface area contributed by atoms with Gasteiger partial charge in [0.15, 0.2) is 5.13 Å². The Balaban J connectivity index is 1.70. The Morgan fingerprint density at radius 1 is 1.38 bits per heavy atom. The summed E-state index contributed by atoms with van der Waals surface area (Å²) in [6, 6.07) is 8.44. The monoisotopic (exact) mass is 345 g/mol. The average molecular weight is 345 g/mol. The van der Waals surface area contributed by atoms with Gasteiger partial charge in [-0.3, -0.25) is 4.79 Å². The molecule has 1 amide bonds. The van der Waals surface area contributed by atoms with Gasteiger partial charge in [-0.1, -0.05) is 29.8 Å². The van der Waals surface area contributed by atoms with Gasteiger partial charge in [0.2, 0.25) is 5.91 Å². The van der Waals surface area contributed by atoms with Gasteiger partial charge in [0.25, 0.3) is 0 Å². The van der Waals surface area contributed by atoms with Gasteiger partial charge >= 0.3 is 0 Å².